The van der Waals surface area contributed by atoms with Crippen LogP contribution in [0.3, 0.4) is 0 Å². The molecule has 1 saturated heterocycles. The number of urea groups is 1. The van der Waals surface area contributed by atoms with E-state index in [4.69, 9.17) is 18.9 Å². The number of amides is 4. The van der Waals surface area contributed by atoms with Crippen LogP contribution < -0.4 is 30.2 Å². The molecule has 18 heteroatoms. The van der Waals surface area contributed by atoms with Gasteiger partial charge in [0.05, 0.1) is 36.7 Å². The van der Waals surface area contributed by atoms with E-state index in [2.05, 4.69) is 54.8 Å². The molecule has 0 spiro atoms. The van der Waals surface area contributed by atoms with E-state index in [0.717, 1.165) is 56.0 Å². The quantitative estimate of drug-likeness (QED) is 0.0232. The van der Waals surface area contributed by atoms with Gasteiger partial charge in [-0.25, -0.2) is 4.79 Å². The number of ether oxygens (including phenoxy) is 4. The summed E-state index contributed by atoms with van der Waals surface area (Å²) in [6.07, 6.45) is 7.59. The fourth-order valence-electron chi connectivity index (χ4n) is 8.70. The third-order valence-electron chi connectivity index (χ3n) is 12.7. The molecule has 5 aromatic rings. The summed E-state index contributed by atoms with van der Waals surface area (Å²) in [4.78, 5) is 75.7. The summed E-state index contributed by atoms with van der Waals surface area (Å²) < 4.78 is 22.9. The van der Waals surface area contributed by atoms with E-state index in [1.54, 1.807) is 54.7 Å². The number of likely N-dealkylation sites (N-methyl/N-ethyl adjacent to an activating group) is 1. The molecule has 5 N–H and O–H groups in total. The van der Waals surface area contributed by atoms with Crippen molar-refractivity contribution in [1.82, 2.24) is 35.2 Å². The zero-order valence-corrected chi connectivity index (χ0v) is 41.3. The van der Waals surface area contributed by atoms with E-state index in [0.29, 0.717) is 69.7 Å². The van der Waals surface area contributed by atoms with Crippen molar-refractivity contribution in [2.75, 3.05) is 83.3 Å². The number of methoxy groups -OCH3 is 1. The highest BCUT2D eigenvalue weighted by Crippen LogP contribution is 2.37. The number of nitrogens with one attached hydrogen (secondary N) is 5. The van der Waals surface area contributed by atoms with Gasteiger partial charge in [-0.3, -0.25) is 29.2 Å². The number of carbonyl (C=O) groups is 5. The second-order valence-corrected chi connectivity index (χ2v) is 17.5. The highest BCUT2D eigenvalue weighted by atomic mass is 16.5. The number of aryl methyl sites for hydroxylation is 1. The van der Waals surface area contributed by atoms with Crippen LogP contribution in [0.5, 0.6) is 17.2 Å². The van der Waals surface area contributed by atoms with Crippen molar-refractivity contribution in [1.29, 1.82) is 0 Å². The van der Waals surface area contributed by atoms with E-state index in [1.807, 2.05) is 50.2 Å². The van der Waals surface area contributed by atoms with Gasteiger partial charge in [0.25, 0.3) is 11.8 Å². The lowest BCUT2D eigenvalue weighted by atomic mass is 10.0. The summed E-state index contributed by atoms with van der Waals surface area (Å²) >= 11 is 0. The Kier molecular flexibility index (Phi) is 18.0. The molecule has 2 aromatic heterocycles. The van der Waals surface area contributed by atoms with Gasteiger partial charge >= 0.3 is 18.0 Å². The molecule has 2 aliphatic heterocycles. The molecule has 0 unspecified atom stereocenters. The molecule has 4 heterocycles. The van der Waals surface area contributed by atoms with Gasteiger partial charge in [0, 0.05) is 73.4 Å². The van der Waals surface area contributed by atoms with Gasteiger partial charge in [-0.1, -0.05) is 32.0 Å². The number of hydrogen-bond donors (Lipinski definition) is 5. The summed E-state index contributed by atoms with van der Waals surface area (Å²) in [5, 5.41) is 15.8. The normalized spacial score (nSPS) is 13.8. The van der Waals surface area contributed by atoms with Crippen LogP contribution in [-0.2, 0) is 25.7 Å². The van der Waals surface area contributed by atoms with Crippen LogP contribution in [-0.4, -0.2) is 132 Å². The number of rotatable bonds is 24. The smallest absolute Gasteiger partial charge is 0.322 e. The third kappa shape index (κ3) is 13.9. The van der Waals surface area contributed by atoms with Gasteiger partial charge in [0.1, 0.15) is 30.5 Å². The van der Waals surface area contributed by atoms with Crippen LogP contribution in [0.1, 0.15) is 84.4 Å². The van der Waals surface area contributed by atoms with Crippen LogP contribution in [0.4, 0.5) is 16.2 Å². The Hall–Kier alpha value is -7.44. The Labute approximate surface area is 414 Å². The molecule has 0 radical (unpaired) electrons. The van der Waals surface area contributed by atoms with Gasteiger partial charge in [-0.15, -0.1) is 0 Å². The van der Waals surface area contributed by atoms with Crippen LogP contribution in [0.25, 0.3) is 22.8 Å². The van der Waals surface area contributed by atoms with Crippen LogP contribution in [0.2, 0.25) is 0 Å². The summed E-state index contributed by atoms with van der Waals surface area (Å²) in [5.74, 6) is -0.229. The topological polar surface area (TPSA) is 213 Å². The lowest BCUT2D eigenvalue weighted by Gasteiger charge is -2.24. The van der Waals surface area contributed by atoms with Crippen LogP contribution in [0, 0.1) is 13.8 Å². The maximum Gasteiger partial charge on any atom is 0.322 e. The van der Waals surface area contributed by atoms with Crippen molar-refractivity contribution >= 4 is 52.8 Å². The number of esters is 2. The fourth-order valence-corrected chi connectivity index (χ4v) is 8.70. The number of H-pyrrole nitrogens is 2. The Morgan fingerprint density at radius 2 is 1.70 bits per heavy atom. The predicted octanol–water partition coefficient (Wildman–Crippen LogP) is 7.42. The molecule has 2 aliphatic rings. The first-order chi connectivity index (χ1) is 34.4. The van der Waals surface area contributed by atoms with Crippen LogP contribution in [0.15, 0.2) is 73.1 Å². The number of aromatic amines is 2. The SMILES string of the molecule is CCN(CC)CCNC(=O)c1c(C)[nH]c(/C=C2\C(=O)Nc3ccc(OC(=O)CCCC(=O)OCCN(Cc4cccc(OC)c4)C(=O)Nc4ccc(-c5cn[nH]c5)cc4OCCN4CCCC4)cc32)c1C. The molecule has 0 atom stereocenters. The zero-order valence-electron chi connectivity index (χ0n) is 41.3. The van der Waals surface area contributed by atoms with Crippen molar-refractivity contribution in [2.45, 2.75) is 66.3 Å². The molecule has 7 rings (SSSR count). The third-order valence-corrected chi connectivity index (χ3v) is 12.7. The average Bonchev–Trinajstić information content (AvgIpc) is 4.20. The summed E-state index contributed by atoms with van der Waals surface area (Å²) in [7, 11) is 1.57. The van der Waals surface area contributed by atoms with Gasteiger partial charge in [-0.2, -0.15) is 5.10 Å². The lowest BCUT2D eigenvalue weighted by molar-refractivity contribution is -0.144. The molecule has 376 valence electrons. The molecular weight excluding hydrogens is 907 g/mol. The molecule has 0 saturated carbocycles. The molecule has 4 amide bonds. The monoisotopic (exact) mass is 971 g/mol. The number of anilines is 2. The molecule has 0 bridgehead atoms. The van der Waals surface area contributed by atoms with Crippen molar-refractivity contribution in [3.05, 3.63) is 107 Å². The summed E-state index contributed by atoms with van der Waals surface area (Å²) in [6.45, 7) is 14.3. The fraction of sp³-hybridized carbons (Fsp3) is 0.396. The number of hydrogen-bond acceptors (Lipinski definition) is 12. The van der Waals surface area contributed by atoms with E-state index in [-0.39, 0.29) is 56.5 Å². The average molecular weight is 972 g/mol. The number of aromatic nitrogens is 3. The van der Waals surface area contributed by atoms with Crippen molar-refractivity contribution in [3.63, 3.8) is 0 Å². The minimum atomic E-state index is -0.564. The first-order valence-electron chi connectivity index (χ1n) is 24.3. The van der Waals surface area contributed by atoms with E-state index >= 15 is 0 Å². The van der Waals surface area contributed by atoms with Crippen molar-refractivity contribution in [3.8, 4) is 28.4 Å². The highest BCUT2D eigenvalue weighted by Gasteiger charge is 2.27. The highest BCUT2D eigenvalue weighted by molar-refractivity contribution is 6.35. The standard InChI is InChI=1S/C53H65N9O9/c1-6-60(7-2)23-20-54-52(66)50-35(3)46(57-36(50)4)31-43-42-30-41(17-19-44(42)58-51(43)65)71-49(64)15-11-14-48(63)70-27-25-62(34-37-12-10-13-40(28-37)68-5)53(67)59-45-18-16-38(39-32-55-56-33-39)29-47(45)69-26-24-61-21-8-9-22-61/h10,12-13,16-19,28-33,57H,6-9,11,14-15,20-27,34H2,1-5H3,(H,54,66)(H,55,56)(H,58,65)(H,59,67)/b43-31-. The first-order valence-corrected chi connectivity index (χ1v) is 24.3. The Morgan fingerprint density at radius 3 is 2.46 bits per heavy atom. The zero-order chi connectivity index (χ0) is 50.3. The Bertz CT molecular complexity index is 2690. The van der Waals surface area contributed by atoms with Gasteiger partial charge in [-0.05, 0) is 125 Å². The molecule has 1 fully saturated rings. The number of fused-ring (bicyclic) bond motifs is 1. The number of nitrogens with zero attached hydrogens (tertiary/aromatic N) is 4. The summed E-state index contributed by atoms with van der Waals surface area (Å²) in [6, 6.07) is 17.4. The predicted molar refractivity (Wildman–Crippen MR) is 271 cm³/mol. The van der Waals surface area contributed by atoms with Gasteiger partial charge < -0.3 is 49.7 Å². The van der Waals surface area contributed by atoms with Crippen molar-refractivity contribution in [2.24, 2.45) is 0 Å². The molecule has 3 aromatic carbocycles. The Morgan fingerprint density at radius 1 is 0.901 bits per heavy atom. The maximum atomic E-state index is 14.1. The first kappa shape index (κ1) is 51.4. The number of benzene rings is 3. The Balaban J connectivity index is 0.925. The molecule has 71 heavy (non-hydrogen) atoms. The maximum absolute atomic E-state index is 14.1. The van der Waals surface area contributed by atoms with Crippen molar-refractivity contribution < 1.29 is 42.9 Å². The molecular formula is C53H65N9O9. The second kappa shape index (κ2) is 24.9. The minimum Gasteiger partial charge on any atom is -0.497 e. The van der Waals surface area contributed by atoms with E-state index in [9.17, 15) is 24.0 Å². The minimum absolute atomic E-state index is 0.0569. The largest absolute Gasteiger partial charge is 0.497 e. The van der Waals surface area contributed by atoms with Gasteiger partial charge in [0.15, 0.2) is 0 Å². The van der Waals surface area contributed by atoms with E-state index < -0.39 is 18.0 Å². The molecule has 18 nitrogen and oxygen atoms in total. The van der Waals surface area contributed by atoms with Crippen LogP contribution >= 0.6 is 0 Å². The lowest BCUT2D eigenvalue weighted by Crippen LogP contribution is -2.37. The summed E-state index contributed by atoms with van der Waals surface area (Å²) in [5.41, 5.74) is 7.04. The molecule has 0 aliphatic carbocycles. The second-order valence-electron chi connectivity index (χ2n) is 17.5. The van der Waals surface area contributed by atoms with Gasteiger partial charge in [0.2, 0.25) is 0 Å². The van der Waals surface area contributed by atoms with E-state index in [1.165, 1.54) is 12.8 Å². The number of likely N-dealkylation sites (tertiary alicyclic amines) is 1. The number of carbonyl (C=O) groups excluding carboxylic acids is 5.